The number of methoxy groups -OCH3 is 1. The molecule has 0 spiro atoms. The number of ether oxygens (including phenoxy) is 1. The highest BCUT2D eigenvalue weighted by atomic mass is 16.4. The summed E-state index contributed by atoms with van der Waals surface area (Å²) in [6.45, 7) is 12.0. The van der Waals surface area contributed by atoms with Crippen molar-refractivity contribution < 1.29 is 4.74 Å². The third-order valence-electron chi connectivity index (χ3n) is 0.667. The van der Waals surface area contributed by atoms with Gasteiger partial charge in [-0.1, -0.05) is 77.9 Å². The van der Waals surface area contributed by atoms with Gasteiger partial charge in [-0.25, -0.2) is 0 Å². The van der Waals surface area contributed by atoms with Crippen molar-refractivity contribution in [2.24, 2.45) is 0 Å². The van der Waals surface area contributed by atoms with Crippen molar-refractivity contribution in [1.82, 2.24) is 0 Å². The summed E-state index contributed by atoms with van der Waals surface area (Å²) in [6.07, 6.45) is 0. The maximum Gasteiger partial charge on any atom is 0.0351 e. The van der Waals surface area contributed by atoms with Gasteiger partial charge in [0, 0.05) is 14.2 Å². The molecule has 0 radical (unpaired) electrons. The summed E-state index contributed by atoms with van der Waals surface area (Å²) < 4.78 is 4.25. The third-order valence-corrected chi connectivity index (χ3v) is 0.667. The average Bonchev–Trinajstić information content (AvgIpc) is 2.40. The lowest BCUT2D eigenvalue weighted by Gasteiger charge is -1.69. The predicted octanol–water partition coefficient (Wildman–Crippen LogP) is 5.03. The molecule has 0 fully saturated rings. The summed E-state index contributed by atoms with van der Waals surface area (Å²) in [5, 5.41) is 0. The maximum atomic E-state index is 4.25. The Morgan fingerprint density at radius 2 is 0.533 bits per heavy atom. The molecule has 0 heterocycles. The molecule has 1 nitrogen and oxygen atoms in total. The Labute approximate surface area is 97.5 Å². The molecular weight excluding hydrogens is 184 g/mol. The smallest absolute Gasteiger partial charge is 0.0351 e. The number of hydrogen-bond donors (Lipinski definition) is 0. The molecule has 15 heavy (non-hydrogen) atoms. The van der Waals surface area contributed by atoms with Gasteiger partial charge in [0.05, 0.1) is 0 Å². The van der Waals surface area contributed by atoms with Crippen molar-refractivity contribution in [3.63, 3.8) is 0 Å². The molecule has 1 heteroatoms. The minimum Gasteiger partial charge on any atom is -0.388 e. The SMILES string of the molecule is CC.CC.CC.COC.c1ccccc1. The molecule has 1 aromatic rings. The molecule has 0 N–H and O–H groups in total. The monoisotopic (exact) mass is 214 g/mol. The van der Waals surface area contributed by atoms with Crippen LogP contribution in [-0.2, 0) is 4.74 Å². The summed E-state index contributed by atoms with van der Waals surface area (Å²) in [4.78, 5) is 0. The summed E-state index contributed by atoms with van der Waals surface area (Å²) >= 11 is 0. The topological polar surface area (TPSA) is 9.23 Å². The maximum absolute atomic E-state index is 4.25. The van der Waals surface area contributed by atoms with Crippen LogP contribution in [0.1, 0.15) is 41.5 Å². The molecule has 0 aromatic heterocycles. The minimum absolute atomic E-state index is 1.62. The van der Waals surface area contributed by atoms with Gasteiger partial charge in [-0.2, -0.15) is 0 Å². The van der Waals surface area contributed by atoms with Gasteiger partial charge in [0.25, 0.3) is 0 Å². The Hall–Kier alpha value is -0.820. The predicted molar refractivity (Wildman–Crippen MR) is 73.4 cm³/mol. The van der Waals surface area contributed by atoms with E-state index in [0.29, 0.717) is 0 Å². The zero-order valence-corrected chi connectivity index (χ0v) is 11.9. The van der Waals surface area contributed by atoms with Crippen molar-refractivity contribution in [1.29, 1.82) is 0 Å². The van der Waals surface area contributed by atoms with E-state index in [1.165, 1.54) is 0 Å². The molecule has 0 aliphatic rings. The van der Waals surface area contributed by atoms with Crippen molar-refractivity contribution >= 4 is 0 Å². The van der Waals surface area contributed by atoms with Gasteiger partial charge < -0.3 is 4.74 Å². The molecular formula is C14H30O. The zero-order valence-electron chi connectivity index (χ0n) is 11.9. The molecule has 0 unspecified atom stereocenters. The molecule has 0 bridgehead atoms. The zero-order chi connectivity index (χ0) is 12.9. The second-order valence-corrected chi connectivity index (χ2v) is 1.56. The van der Waals surface area contributed by atoms with Gasteiger partial charge in [0.15, 0.2) is 0 Å². The Bertz CT molecular complexity index is 88.2. The minimum atomic E-state index is 1.62. The largest absolute Gasteiger partial charge is 0.388 e. The number of rotatable bonds is 0. The van der Waals surface area contributed by atoms with E-state index in [0.717, 1.165) is 0 Å². The van der Waals surface area contributed by atoms with Crippen molar-refractivity contribution in [2.45, 2.75) is 41.5 Å². The van der Waals surface area contributed by atoms with Crippen LogP contribution >= 0.6 is 0 Å². The second-order valence-electron chi connectivity index (χ2n) is 1.56. The van der Waals surface area contributed by atoms with Crippen LogP contribution in [0.3, 0.4) is 0 Å². The first-order chi connectivity index (χ1) is 7.41. The molecule has 0 saturated carbocycles. The first-order valence-corrected chi connectivity index (χ1v) is 5.82. The standard InChI is InChI=1S/C6H6.C2H6O.3C2H6/c1-2-4-6-5-3-1;1-3-2;3*1-2/h1-6H;1-2H3;3*1-2H3. The molecule has 0 saturated heterocycles. The Balaban J connectivity index is -0.0000000585. The first kappa shape index (κ1) is 23.8. The van der Waals surface area contributed by atoms with E-state index in [4.69, 9.17) is 0 Å². The van der Waals surface area contributed by atoms with E-state index in [9.17, 15) is 0 Å². The molecule has 92 valence electrons. The van der Waals surface area contributed by atoms with E-state index in [1.807, 2.05) is 77.9 Å². The van der Waals surface area contributed by atoms with Crippen LogP contribution < -0.4 is 0 Å². The summed E-state index contributed by atoms with van der Waals surface area (Å²) in [5.74, 6) is 0. The molecule has 0 aliphatic heterocycles. The van der Waals surface area contributed by atoms with Crippen LogP contribution in [0.5, 0.6) is 0 Å². The molecule has 1 aromatic carbocycles. The number of benzene rings is 1. The number of hydrogen-bond acceptors (Lipinski definition) is 1. The highest BCUT2D eigenvalue weighted by Crippen LogP contribution is 1.79. The molecule has 0 aliphatic carbocycles. The summed E-state index contributed by atoms with van der Waals surface area (Å²) in [6, 6.07) is 12.0. The summed E-state index contributed by atoms with van der Waals surface area (Å²) in [5.41, 5.74) is 0. The molecule has 0 amide bonds. The van der Waals surface area contributed by atoms with Crippen LogP contribution in [-0.4, -0.2) is 14.2 Å². The van der Waals surface area contributed by atoms with E-state index in [-0.39, 0.29) is 0 Å². The quantitative estimate of drug-likeness (QED) is 0.588. The van der Waals surface area contributed by atoms with Crippen LogP contribution in [0, 0.1) is 0 Å². The first-order valence-electron chi connectivity index (χ1n) is 5.82. The van der Waals surface area contributed by atoms with E-state index in [2.05, 4.69) is 4.74 Å². The lowest BCUT2D eigenvalue weighted by molar-refractivity contribution is 0.277. The van der Waals surface area contributed by atoms with Gasteiger partial charge >= 0.3 is 0 Å². The lowest BCUT2D eigenvalue weighted by Crippen LogP contribution is -1.55. The average molecular weight is 214 g/mol. The van der Waals surface area contributed by atoms with Crippen LogP contribution in [0.2, 0.25) is 0 Å². The van der Waals surface area contributed by atoms with E-state index < -0.39 is 0 Å². The third kappa shape index (κ3) is 61.4. The van der Waals surface area contributed by atoms with Gasteiger partial charge in [-0.3, -0.25) is 0 Å². The fourth-order valence-electron chi connectivity index (χ4n) is 0.385. The summed E-state index contributed by atoms with van der Waals surface area (Å²) in [7, 11) is 3.25. The van der Waals surface area contributed by atoms with Gasteiger partial charge in [0.1, 0.15) is 0 Å². The van der Waals surface area contributed by atoms with Crippen molar-refractivity contribution in [2.75, 3.05) is 14.2 Å². The highest BCUT2D eigenvalue weighted by Gasteiger charge is 1.57. The Morgan fingerprint density at radius 3 is 0.600 bits per heavy atom. The van der Waals surface area contributed by atoms with Crippen molar-refractivity contribution in [3.8, 4) is 0 Å². The van der Waals surface area contributed by atoms with E-state index >= 15 is 0 Å². The van der Waals surface area contributed by atoms with Gasteiger partial charge in [-0.05, 0) is 0 Å². The Morgan fingerprint density at radius 1 is 0.467 bits per heavy atom. The second kappa shape index (κ2) is 51.2. The molecule has 1 rings (SSSR count). The van der Waals surface area contributed by atoms with Crippen LogP contribution in [0.25, 0.3) is 0 Å². The van der Waals surface area contributed by atoms with Crippen LogP contribution in [0.4, 0.5) is 0 Å². The van der Waals surface area contributed by atoms with Crippen LogP contribution in [0.15, 0.2) is 36.4 Å². The fraction of sp³-hybridized carbons (Fsp3) is 0.571. The fourth-order valence-corrected chi connectivity index (χ4v) is 0.385. The highest BCUT2D eigenvalue weighted by molar-refractivity contribution is 4.99. The van der Waals surface area contributed by atoms with Crippen molar-refractivity contribution in [3.05, 3.63) is 36.4 Å². The van der Waals surface area contributed by atoms with E-state index in [1.54, 1.807) is 14.2 Å². The normalized spacial score (nSPS) is 5.60. The lowest BCUT2D eigenvalue weighted by atomic mass is 10.4. The van der Waals surface area contributed by atoms with Gasteiger partial charge in [-0.15, -0.1) is 0 Å². The molecule has 0 atom stereocenters. The van der Waals surface area contributed by atoms with Gasteiger partial charge in [0.2, 0.25) is 0 Å². The Kier molecular flexibility index (Phi) is 81.1.